The molecule has 1 aliphatic carbocycles. The van der Waals surface area contributed by atoms with Crippen LogP contribution in [-0.2, 0) is 0 Å². The van der Waals surface area contributed by atoms with Gasteiger partial charge in [0.2, 0.25) is 0 Å². The summed E-state index contributed by atoms with van der Waals surface area (Å²) in [5.74, 6) is 0.756. The van der Waals surface area contributed by atoms with Crippen LogP contribution in [0.3, 0.4) is 0 Å². The van der Waals surface area contributed by atoms with E-state index in [2.05, 4.69) is 10.3 Å². The molecule has 1 saturated carbocycles. The number of nitrogens with two attached hydrogens (primary N) is 1. The van der Waals surface area contributed by atoms with E-state index in [9.17, 15) is 0 Å². The molecule has 4 heteroatoms. The average molecular weight is 230 g/mol. The number of nitrogens with zero attached hydrogens (tertiary/aromatic N) is 2. The molecule has 2 rings (SSSR count). The molecule has 90 valence electrons. The Labute approximate surface area is 102 Å². The number of hydrogen-bond acceptors (Lipinski definition) is 4. The van der Waals surface area contributed by atoms with Gasteiger partial charge in [-0.25, -0.2) is 4.98 Å². The minimum Gasteiger partial charge on any atom is -0.366 e. The highest BCUT2D eigenvalue weighted by Crippen LogP contribution is 2.19. The summed E-state index contributed by atoms with van der Waals surface area (Å²) in [6, 6.07) is 7.95. The first-order chi connectivity index (χ1) is 8.29. The Balaban J connectivity index is 2.05. The highest BCUT2D eigenvalue weighted by Gasteiger charge is 2.20. The van der Waals surface area contributed by atoms with E-state index in [0.717, 1.165) is 18.7 Å². The Morgan fingerprint density at radius 3 is 2.94 bits per heavy atom. The standard InChI is InChI=1S/C13H18N4/c14-9-10-5-4-8-13(16-10)17-12-7-3-1-2-6-11(12)15/h4-5,8,11-12H,1-3,6-7,15H2,(H,16,17). The summed E-state index contributed by atoms with van der Waals surface area (Å²) in [4.78, 5) is 4.22. The predicted octanol–water partition coefficient (Wildman–Crippen LogP) is 2.03. The molecule has 1 fully saturated rings. The van der Waals surface area contributed by atoms with Crippen LogP contribution in [0.1, 0.15) is 37.8 Å². The number of nitriles is 1. The maximum Gasteiger partial charge on any atom is 0.142 e. The Morgan fingerprint density at radius 1 is 1.29 bits per heavy atom. The third-order valence-electron chi connectivity index (χ3n) is 3.27. The molecular formula is C13H18N4. The van der Waals surface area contributed by atoms with E-state index in [4.69, 9.17) is 11.0 Å². The van der Waals surface area contributed by atoms with Crippen LogP contribution in [0.4, 0.5) is 5.82 Å². The number of anilines is 1. The van der Waals surface area contributed by atoms with Crippen molar-refractivity contribution in [1.82, 2.24) is 4.98 Å². The lowest BCUT2D eigenvalue weighted by Gasteiger charge is -2.23. The van der Waals surface area contributed by atoms with Crippen molar-refractivity contribution in [3.8, 4) is 6.07 Å². The molecule has 2 unspecified atom stereocenters. The minimum atomic E-state index is 0.185. The van der Waals surface area contributed by atoms with Crippen LogP contribution in [0.25, 0.3) is 0 Å². The average Bonchev–Trinajstić information content (AvgIpc) is 2.55. The van der Waals surface area contributed by atoms with Crippen LogP contribution in [-0.4, -0.2) is 17.1 Å². The molecule has 0 aromatic carbocycles. The third-order valence-corrected chi connectivity index (χ3v) is 3.27. The second kappa shape index (κ2) is 5.65. The zero-order valence-electron chi connectivity index (χ0n) is 9.89. The summed E-state index contributed by atoms with van der Waals surface area (Å²) in [7, 11) is 0. The van der Waals surface area contributed by atoms with Crippen molar-refractivity contribution in [3.05, 3.63) is 23.9 Å². The molecule has 0 saturated heterocycles. The lowest BCUT2D eigenvalue weighted by molar-refractivity contribution is 0.527. The summed E-state index contributed by atoms with van der Waals surface area (Å²) < 4.78 is 0. The van der Waals surface area contributed by atoms with Crippen molar-refractivity contribution in [1.29, 1.82) is 5.26 Å². The first-order valence-corrected chi connectivity index (χ1v) is 6.19. The number of hydrogen-bond donors (Lipinski definition) is 2. The third kappa shape index (κ3) is 3.18. The van der Waals surface area contributed by atoms with Gasteiger partial charge in [-0.2, -0.15) is 5.26 Å². The van der Waals surface area contributed by atoms with Crippen LogP contribution in [0.5, 0.6) is 0 Å². The number of aromatic nitrogens is 1. The van der Waals surface area contributed by atoms with Gasteiger partial charge in [-0.1, -0.05) is 25.3 Å². The fraction of sp³-hybridized carbons (Fsp3) is 0.538. The SMILES string of the molecule is N#Cc1cccc(NC2CCCCCC2N)n1. The molecule has 1 heterocycles. The largest absolute Gasteiger partial charge is 0.366 e. The summed E-state index contributed by atoms with van der Waals surface area (Å²) in [5, 5.41) is 12.2. The zero-order valence-corrected chi connectivity index (χ0v) is 9.89. The van der Waals surface area contributed by atoms with Gasteiger partial charge in [-0.05, 0) is 25.0 Å². The van der Waals surface area contributed by atoms with Crippen molar-refractivity contribution in [2.24, 2.45) is 5.73 Å². The molecule has 3 N–H and O–H groups in total. The minimum absolute atomic E-state index is 0.185. The van der Waals surface area contributed by atoms with Gasteiger partial charge in [0.25, 0.3) is 0 Å². The van der Waals surface area contributed by atoms with E-state index >= 15 is 0 Å². The van der Waals surface area contributed by atoms with Gasteiger partial charge in [0, 0.05) is 12.1 Å². The van der Waals surface area contributed by atoms with Crippen LogP contribution in [0.2, 0.25) is 0 Å². The van der Waals surface area contributed by atoms with E-state index in [1.54, 1.807) is 6.07 Å². The van der Waals surface area contributed by atoms with Crippen LogP contribution in [0, 0.1) is 11.3 Å². The molecule has 1 aliphatic rings. The molecule has 2 atom stereocenters. The van der Waals surface area contributed by atoms with Gasteiger partial charge in [0.15, 0.2) is 0 Å². The van der Waals surface area contributed by atoms with Crippen LogP contribution >= 0.6 is 0 Å². The second-order valence-corrected chi connectivity index (χ2v) is 4.57. The lowest BCUT2D eigenvalue weighted by Crippen LogP contribution is -2.39. The second-order valence-electron chi connectivity index (χ2n) is 4.57. The summed E-state index contributed by atoms with van der Waals surface area (Å²) in [6.45, 7) is 0. The van der Waals surface area contributed by atoms with Gasteiger partial charge < -0.3 is 11.1 Å². The molecule has 0 spiro atoms. The molecule has 0 bridgehead atoms. The summed E-state index contributed by atoms with van der Waals surface area (Å²) in [5.41, 5.74) is 6.58. The normalized spacial score (nSPS) is 24.7. The molecule has 1 aromatic heterocycles. The monoisotopic (exact) mass is 230 g/mol. The Kier molecular flexibility index (Phi) is 3.94. The first kappa shape index (κ1) is 11.9. The van der Waals surface area contributed by atoms with Gasteiger partial charge in [0.05, 0.1) is 0 Å². The number of rotatable bonds is 2. The van der Waals surface area contributed by atoms with Gasteiger partial charge >= 0.3 is 0 Å². The van der Waals surface area contributed by atoms with E-state index in [1.807, 2.05) is 18.2 Å². The molecule has 0 aliphatic heterocycles. The quantitative estimate of drug-likeness (QED) is 0.762. The molecule has 0 amide bonds. The van der Waals surface area contributed by atoms with Crippen molar-refractivity contribution in [3.63, 3.8) is 0 Å². The molecule has 4 nitrogen and oxygen atoms in total. The Hall–Kier alpha value is -1.60. The topological polar surface area (TPSA) is 74.7 Å². The van der Waals surface area contributed by atoms with Gasteiger partial charge in [-0.3, -0.25) is 0 Å². The molecule has 17 heavy (non-hydrogen) atoms. The Morgan fingerprint density at radius 2 is 2.12 bits per heavy atom. The lowest BCUT2D eigenvalue weighted by atomic mass is 10.0. The summed E-state index contributed by atoms with van der Waals surface area (Å²) in [6.07, 6.45) is 5.83. The number of pyridine rings is 1. The molecule has 0 radical (unpaired) electrons. The predicted molar refractivity (Wildman–Crippen MR) is 67.4 cm³/mol. The van der Waals surface area contributed by atoms with E-state index < -0.39 is 0 Å². The first-order valence-electron chi connectivity index (χ1n) is 6.19. The smallest absolute Gasteiger partial charge is 0.142 e. The van der Waals surface area contributed by atoms with E-state index in [0.29, 0.717) is 5.69 Å². The Bertz CT molecular complexity index is 410. The molecular weight excluding hydrogens is 212 g/mol. The van der Waals surface area contributed by atoms with Crippen LogP contribution in [0.15, 0.2) is 18.2 Å². The summed E-state index contributed by atoms with van der Waals surface area (Å²) >= 11 is 0. The van der Waals surface area contributed by atoms with E-state index in [1.165, 1.54) is 19.3 Å². The zero-order chi connectivity index (χ0) is 12.1. The maximum atomic E-state index is 8.80. The van der Waals surface area contributed by atoms with Crippen molar-refractivity contribution in [2.75, 3.05) is 5.32 Å². The van der Waals surface area contributed by atoms with E-state index in [-0.39, 0.29) is 12.1 Å². The van der Waals surface area contributed by atoms with Gasteiger partial charge in [0.1, 0.15) is 17.6 Å². The highest BCUT2D eigenvalue weighted by atomic mass is 15.0. The van der Waals surface area contributed by atoms with Crippen molar-refractivity contribution < 1.29 is 0 Å². The van der Waals surface area contributed by atoms with Crippen molar-refractivity contribution in [2.45, 2.75) is 44.2 Å². The maximum absolute atomic E-state index is 8.80. The molecule has 1 aromatic rings. The fourth-order valence-electron chi connectivity index (χ4n) is 2.28. The highest BCUT2D eigenvalue weighted by molar-refractivity contribution is 5.39. The van der Waals surface area contributed by atoms with Gasteiger partial charge in [-0.15, -0.1) is 0 Å². The number of nitrogens with one attached hydrogen (secondary N) is 1. The fourth-order valence-corrected chi connectivity index (χ4v) is 2.28. The van der Waals surface area contributed by atoms with Crippen LogP contribution < -0.4 is 11.1 Å². The van der Waals surface area contributed by atoms with Crippen molar-refractivity contribution >= 4 is 5.82 Å².